The summed E-state index contributed by atoms with van der Waals surface area (Å²) >= 11 is 0. The van der Waals surface area contributed by atoms with E-state index in [0.29, 0.717) is 0 Å². The average molecular weight is 120 g/mol. The van der Waals surface area contributed by atoms with E-state index in [1.807, 2.05) is 0 Å². The average Bonchev–Trinajstić information content (AvgIpc) is 1.65. The summed E-state index contributed by atoms with van der Waals surface area (Å²) in [5, 5.41) is 1.10. The molecule has 1 amide bonds. The predicted octanol–water partition coefficient (Wildman–Crippen LogP) is 0.220. The van der Waals surface area contributed by atoms with Crippen LogP contribution in [0.25, 0.3) is 0 Å². The van der Waals surface area contributed by atoms with Gasteiger partial charge in [-0.1, -0.05) is 0 Å². The SMILES string of the molecule is CPC(=O)N(C)N. The van der Waals surface area contributed by atoms with Crippen molar-refractivity contribution in [3.8, 4) is 0 Å². The van der Waals surface area contributed by atoms with Crippen LogP contribution in [0.1, 0.15) is 0 Å². The molecule has 1 unspecified atom stereocenters. The third-order valence-electron chi connectivity index (χ3n) is 0.534. The molecule has 0 aromatic heterocycles. The lowest BCUT2D eigenvalue weighted by atomic mass is 11.1. The number of carbonyl (C=O) groups is 1. The molecule has 0 bridgehead atoms. The van der Waals surface area contributed by atoms with Crippen molar-refractivity contribution in [2.75, 3.05) is 13.7 Å². The molecule has 42 valence electrons. The summed E-state index contributed by atoms with van der Waals surface area (Å²) in [7, 11) is 1.81. The van der Waals surface area contributed by atoms with Gasteiger partial charge in [0.05, 0.1) is 0 Å². The van der Waals surface area contributed by atoms with Gasteiger partial charge in [0, 0.05) is 7.05 Å². The number of nitrogens with zero attached hydrogens (tertiary/aromatic N) is 1. The van der Waals surface area contributed by atoms with Crippen LogP contribution in [0.3, 0.4) is 0 Å². The fourth-order valence-electron chi connectivity index (χ4n) is 0.176. The van der Waals surface area contributed by atoms with Crippen molar-refractivity contribution in [3.63, 3.8) is 0 Å². The quantitative estimate of drug-likeness (QED) is 0.233. The van der Waals surface area contributed by atoms with E-state index in [9.17, 15) is 4.79 Å². The Morgan fingerprint density at radius 1 is 1.86 bits per heavy atom. The zero-order chi connectivity index (χ0) is 5.86. The van der Waals surface area contributed by atoms with E-state index in [4.69, 9.17) is 5.84 Å². The molecule has 0 rings (SSSR count). The molecular formula is C3H9N2OP. The highest BCUT2D eigenvalue weighted by atomic mass is 31.1. The molecule has 7 heavy (non-hydrogen) atoms. The fraction of sp³-hybridized carbons (Fsp3) is 0.667. The van der Waals surface area contributed by atoms with E-state index in [1.54, 1.807) is 13.7 Å². The summed E-state index contributed by atoms with van der Waals surface area (Å²) in [6.07, 6.45) is 0. The lowest BCUT2D eigenvalue weighted by molar-refractivity contribution is 0.234. The smallest absolute Gasteiger partial charge is 0.253 e. The van der Waals surface area contributed by atoms with Crippen LogP contribution < -0.4 is 5.84 Å². The molecule has 0 aliphatic carbocycles. The summed E-state index contributed by atoms with van der Waals surface area (Å²) in [4.78, 5) is 10.3. The summed E-state index contributed by atoms with van der Waals surface area (Å²) in [5.74, 6) is 5.04. The van der Waals surface area contributed by atoms with Crippen molar-refractivity contribution >= 4 is 14.2 Å². The summed E-state index contributed by atoms with van der Waals surface area (Å²) < 4.78 is 0. The Labute approximate surface area is 44.6 Å². The highest BCUT2D eigenvalue weighted by Crippen LogP contribution is 2.04. The van der Waals surface area contributed by atoms with Crippen LogP contribution in [0.2, 0.25) is 0 Å². The monoisotopic (exact) mass is 120 g/mol. The first-order chi connectivity index (χ1) is 3.18. The topological polar surface area (TPSA) is 46.3 Å². The van der Waals surface area contributed by atoms with Gasteiger partial charge in [0.2, 0.25) is 0 Å². The second-order valence-corrected chi connectivity index (χ2v) is 2.09. The van der Waals surface area contributed by atoms with E-state index < -0.39 is 0 Å². The highest BCUT2D eigenvalue weighted by molar-refractivity contribution is 7.56. The largest absolute Gasteiger partial charge is 0.280 e. The molecule has 0 radical (unpaired) electrons. The highest BCUT2D eigenvalue weighted by Gasteiger charge is 1.95. The minimum absolute atomic E-state index is 0.0139. The third-order valence-corrected chi connectivity index (χ3v) is 1.31. The van der Waals surface area contributed by atoms with E-state index in [2.05, 4.69) is 0 Å². The standard InChI is InChI=1S/C3H9N2OP/c1-5(4)3(6)7-2/h7H,4H2,1-2H3. The van der Waals surface area contributed by atoms with Gasteiger partial charge in [-0.25, -0.2) is 5.84 Å². The minimum Gasteiger partial charge on any atom is -0.280 e. The van der Waals surface area contributed by atoms with Gasteiger partial charge >= 0.3 is 0 Å². The van der Waals surface area contributed by atoms with Gasteiger partial charge in [0.15, 0.2) is 0 Å². The van der Waals surface area contributed by atoms with Gasteiger partial charge in [-0.15, -0.1) is 0 Å². The number of hydrogen-bond acceptors (Lipinski definition) is 2. The Morgan fingerprint density at radius 3 is 2.29 bits per heavy atom. The molecule has 3 nitrogen and oxygen atoms in total. The fourth-order valence-corrected chi connectivity index (χ4v) is 0.529. The summed E-state index contributed by atoms with van der Waals surface area (Å²) in [6, 6.07) is 0. The maximum Gasteiger partial charge on any atom is 0.253 e. The van der Waals surface area contributed by atoms with Crippen molar-refractivity contribution in [1.29, 1.82) is 0 Å². The molecule has 0 saturated carbocycles. The van der Waals surface area contributed by atoms with Crippen molar-refractivity contribution in [2.45, 2.75) is 0 Å². The first kappa shape index (κ1) is 6.86. The van der Waals surface area contributed by atoms with Gasteiger partial charge < -0.3 is 0 Å². The number of hydrazine groups is 1. The molecule has 0 heterocycles. The number of rotatable bonds is 1. The van der Waals surface area contributed by atoms with Crippen LogP contribution >= 0.6 is 8.58 Å². The predicted molar refractivity (Wildman–Crippen MR) is 31.6 cm³/mol. The van der Waals surface area contributed by atoms with Gasteiger partial charge in [0.1, 0.15) is 0 Å². The molecule has 0 saturated heterocycles. The maximum absolute atomic E-state index is 10.3. The van der Waals surface area contributed by atoms with Crippen molar-refractivity contribution in [3.05, 3.63) is 0 Å². The molecular weight excluding hydrogens is 111 g/mol. The van der Waals surface area contributed by atoms with E-state index >= 15 is 0 Å². The first-order valence-electron chi connectivity index (χ1n) is 1.88. The second kappa shape index (κ2) is 2.94. The molecule has 1 atom stereocenters. The van der Waals surface area contributed by atoms with E-state index in [1.165, 1.54) is 0 Å². The zero-order valence-corrected chi connectivity index (χ0v) is 5.43. The van der Waals surface area contributed by atoms with E-state index in [-0.39, 0.29) is 14.2 Å². The Kier molecular flexibility index (Phi) is 2.88. The van der Waals surface area contributed by atoms with Crippen LogP contribution in [0.4, 0.5) is 4.79 Å². The molecule has 2 N–H and O–H groups in total. The molecule has 0 fully saturated rings. The van der Waals surface area contributed by atoms with Gasteiger partial charge in [-0.05, 0) is 15.2 Å². The second-order valence-electron chi connectivity index (χ2n) is 1.17. The summed E-state index contributed by atoms with van der Waals surface area (Å²) in [5.41, 5.74) is -0.0139. The summed E-state index contributed by atoms with van der Waals surface area (Å²) in [6.45, 7) is 1.80. The normalized spacial score (nSPS) is 10.1. The van der Waals surface area contributed by atoms with Gasteiger partial charge in [-0.3, -0.25) is 9.80 Å². The Balaban J connectivity index is 3.35. The maximum atomic E-state index is 10.3. The molecule has 0 aromatic rings. The van der Waals surface area contributed by atoms with Crippen LogP contribution in [-0.2, 0) is 0 Å². The first-order valence-corrected chi connectivity index (χ1v) is 3.38. The molecule has 0 aliphatic heterocycles. The third kappa shape index (κ3) is 2.54. The van der Waals surface area contributed by atoms with Crippen LogP contribution in [0.5, 0.6) is 0 Å². The Hall–Kier alpha value is -0.140. The lowest BCUT2D eigenvalue weighted by Crippen LogP contribution is -2.28. The van der Waals surface area contributed by atoms with Gasteiger partial charge in [0.25, 0.3) is 5.65 Å². The van der Waals surface area contributed by atoms with Crippen molar-refractivity contribution in [1.82, 2.24) is 5.01 Å². The zero-order valence-electron chi connectivity index (χ0n) is 4.43. The molecule has 0 aliphatic rings. The number of carbonyl (C=O) groups excluding carboxylic acids is 1. The Morgan fingerprint density at radius 2 is 2.29 bits per heavy atom. The van der Waals surface area contributed by atoms with Crippen LogP contribution in [0.15, 0.2) is 0 Å². The van der Waals surface area contributed by atoms with Crippen LogP contribution in [0, 0.1) is 0 Å². The van der Waals surface area contributed by atoms with Crippen LogP contribution in [-0.4, -0.2) is 24.4 Å². The number of hydrogen-bond donors (Lipinski definition) is 1. The minimum atomic E-state index is -0.0139. The number of nitrogens with two attached hydrogens (primary N) is 1. The number of amides is 1. The Bertz CT molecular complexity index is 73.3. The molecule has 0 aromatic carbocycles. The lowest BCUT2D eigenvalue weighted by Gasteiger charge is -2.05. The van der Waals surface area contributed by atoms with Crippen molar-refractivity contribution in [2.24, 2.45) is 5.84 Å². The van der Waals surface area contributed by atoms with E-state index in [0.717, 1.165) is 5.01 Å². The van der Waals surface area contributed by atoms with Crippen molar-refractivity contribution < 1.29 is 4.79 Å². The molecule has 0 spiro atoms. The van der Waals surface area contributed by atoms with Gasteiger partial charge in [-0.2, -0.15) is 0 Å². The molecule has 4 heteroatoms.